The molecule has 1 atom stereocenters. The minimum absolute atomic E-state index is 0.0367. The van der Waals surface area contributed by atoms with Crippen molar-refractivity contribution in [3.8, 4) is 38.9 Å². The summed E-state index contributed by atoms with van der Waals surface area (Å²) in [7, 11) is 0. The Balaban J connectivity index is 1.41. The molecule has 0 aliphatic carbocycles. The van der Waals surface area contributed by atoms with E-state index in [4.69, 9.17) is 32.7 Å². The van der Waals surface area contributed by atoms with E-state index in [2.05, 4.69) is 19.9 Å². The summed E-state index contributed by atoms with van der Waals surface area (Å²) in [5.41, 5.74) is 3.65. The van der Waals surface area contributed by atoms with Gasteiger partial charge in [-0.2, -0.15) is 0 Å². The molecule has 0 fully saturated rings. The number of halogens is 3. The number of thiophene rings is 1. The number of hydrogen-bond donors (Lipinski definition) is 2. The summed E-state index contributed by atoms with van der Waals surface area (Å²) in [6.45, 7) is 1.84. The van der Waals surface area contributed by atoms with Gasteiger partial charge in [0.1, 0.15) is 35.1 Å². The van der Waals surface area contributed by atoms with E-state index >= 15 is 0 Å². The van der Waals surface area contributed by atoms with Crippen molar-refractivity contribution in [2.45, 2.75) is 26.1 Å². The molecule has 13 heteroatoms. The number of carboxylic acids is 1. The van der Waals surface area contributed by atoms with Crippen LogP contribution in [0.15, 0.2) is 79.3 Å². The largest absolute Gasteiger partial charge is 0.506 e. The Morgan fingerprint density at radius 2 is 1.80 bits per heavy atom. The number of phenols is 1. The lowest BCUT2D eigenvalue weighted by Gasteiger charge is -2.18. The first-order valence-corrected chi connectivity index (χ1v) is 15.4. The van der Waals surface area contributed by atoms with E-state index in [0.29, 0.717) is 54.4 Å². The number of fused-ring (bicyclic) bond motifs is 1. The number of nitrogens with zero attached hydrogens (tertiary/aromatic N) is 4. The number of para-hydroxylation sites is 1. The third-order valence-electron chi connectivity index (χ3n) is 7.16. The lowest BCUT2D eigenvalue weighted by molar-refractivity contribution is -0.145. The third kappa shape index (κ3) is 6.43. The van der Waals surface area contributed by atoms with Gasteiger partial charge >= 0.3 is 5.97 Å². The van der Waals surface area contributed by atoms with Gasteiger partial charge in [0, 0.05) is 23.1 Å². The molecular formula is C33H23Cl2FN4O5S. The number of hydrogen-bond acceptors (Lipinski definition) is 9. The summed E-state index contributed by atoms with van der Waals surface area (Å²) in [5.74, 6) is -1.22. The summed E-state index contributed by atoms with van der Waals surface area (Å²) >= 11 is 13.7. The molecule has 0 radical (unpaired) electrons. The Labute approximate surface area is 275 Å². The van der Waals surface area contributed by atoms with E-state index in [1.807, 2.05) is 0 Å². The van der Waals surface area contributed by atoms with Crippen LogP contribution in [0.1, 0.15) is 16.8 Å². The van der Waals surface area contributed by atoms with Crippen LogP contribution in [0.25, 0.3) is 31.8 Å². The summed E-state index contributed by atoms with van der Waals surface area (Å²) < 4.78 is 26.0. The predicted molar refractivity (Wildman–Crippen MR) is 173 cm³/mol. The minimum atomic E-state index is -1.37. The third-order valence-corrected chi connectivity index (χ3v) is 8.97. The second-order valence-electron chi connectivity index (χ2n) is 10.1. The lowest BCUT2D eigenvalue weighted by atomic mass is 9.96. The maximum absolute atomic E-state index is 13.9. The van der Waals surface area contributed by atoms with Crippen LogP contribution in [0.2, 0.25) is 10.3 Å². The number of phenolic OH excluding ortho intramolecular Hbond substituents is 1. The molecule has 1 unspecified atom stereocenters. The van der Waals surface area contributed by atoms with Crippen molar-refractivity contribution in [1.29, 1.82) is 0 Å². The van der Waals surface area contributed by atoms with Crippen LogP contribution in [0.4, 0.5) is 4.39 Å². The van der Waals surface area contributed by atoms with Crippen molar-refractivity contribution in [2.75, 3.05) is 0 Å². The Morgan fingerprint density at radius 3 is 2.57 bits per heavy atom. The fraction of sp³-hybridized carbons (Fsp3) is 0.121. The predicted octanol–water partition coefficient (Wildman–Crippen LogP) is 7.93. The molecule has 0 aliphatic rings. The molecule has 0 amide bonds. The van der Waals surface area contributed by atoms with Gasteiger partial charge in [-0.15, -0.1) is 11.3 Å². The number of benzene rings is 3. The molecule has 9 nitrogen and oxygen atoms in total. The number of aromatic nitrogens is 4. The zero-order valence-corrected chi connectivity index (χ0v) is 26.3. The number of rotatable bonds is 10. The molecule has 2 N–H and O–H groups in total. The summed E-state index contributed by atoms with van der Waals surface area (Å²) in [4.78, 5) is 30.6. The fourth-order valence-corrected chi connectivity index (χ4v) is 6.41. The fourth-order valence-electron chi connectivity index (χ4n) is 4.93. The van der Waals surface area contributed by atoms with Gasteiger partial charge in [-0.1, -0.05) is 48.0 Å². The van der Waals surface area contributed by atoms with Crippen molar-refractivity contribution in [3.63, 3.8) is 0 Å². The molecule has 232 valence electrons. The van der Waals surface area contributed by atoms with E-state index in [1.165, 1.54) is 42.1 Å². The molecular weight excluding hydrogens is 654 g/mol. The van der Waals surface area contributed by atoms with E-state index in [0.717, 1.165) is 0 Å². The monoisotopic (exact) mass is 676 g/mol. The number of aliphatic carboxylic acids is 1. The molecule has 0 saturated carbocycles. The molecule has 6 rings (SSSR count). The molecule has 3 aromatic carbocycles. The second-order valence-corrected chi connectivity index (χ2v) is 11.8. The van der Waals surface area contributed by atoms with Crippen LogP contribution in [-0.4, -0.2) is 42.2 Å². The highest BCUT2D eigenvalue weighted by Gasteiger charge is 2.28. The van der Waals surface area contributed by atoms with E-state index in [9.17, 15) is 19.4 Å². The Hall–Kier alpha value is -4.84. The maximum Gasteiger partial charge on any atom is 0.345 e. The highest BCUT2D eigenvalue weighted by molar-refractivity contribution is 7.22. The molecule has 3 heterocycles. The quantitative estimate of drug-likeness (QED) is 0.139. The van der Waals surface area contributed by atoms with Gasteiger partial charge in [0.15, 0.2) is 0 Å². The van der Waals surface area contributed by atoms with Gasteiger partial charge in [0.2, 0.25) is 17.3 Å². The number of carbonyl (C=O) groups is 1. The number of ether oxygens (including phenoxy) is 2. The molecule has 3 aromatic heterocycles. The van der Waals surface area contributed by atoms with Gasteiger partial charge in [0.25, 0.3) is 0 Å². The minimum Gasteiger partial charge on any atom is -0.506 e. The molecule has 0 saturated heterocycles. The zero-order chi connectivity index (χ0) is 32.4. The van der Waals surface area contributed by atoms with E-state index < -0.39 is 17.9 Å². The first-order chi connectivity index (χ1) is 22.2. The normalized spacial score (nSPS) is 11.8. The highest BCUT2D eigenvalue weighted by Crippen LogP contribution is 2.49. The van der Waals surface area contributed by atoms with Gasteiger partial charge in [-0.05, 0) is 71.1 Å². The average Bonchev–Trinajstić information content (AvgIpc) is 3.43. The first kappa shape index (κ1) is 31.2. The Kier molecular flexibility index (Phi) is 8.98. The van der Waals surface area contributed by atoms with Gasteiger partial charge in [-0.3, -0.25) is 0 Å². The molecule has 6 aromatic rings. The van der Waals surface area contributed by atoms with Crippen molar-refractivity contribution >= 4 is 50.7 Å². The van der Waals surface area contributed by atoms with E-state index in [1.54, 1.807) is 55.5 Å². The van der Waals surface area contributed by atoms with Gasteiger partial charge in [-0.25, -0.2) is 29.1 Å². The molecule has 46 heavy (non-hydrogen) atoms. The maximum atomic E-state index is 13.9. The standard InChI is InChI=1S/C33H23Cl2FN4O5S/c1-17-22(10-11-23(41)28(17)34)26-27-30(38-16-39-31(27)46-29(26)18-6-8-20(36)9-7-18)45-25(32(42)43)14-19-4-2-3-5-24(19)44-15-21-12-13-37-33(35)40-21/h2-13,16,25,41H,14-15H2,1H3,(H,42,43). The van der Waals surface area contributed by atoms with Crippen LogP contribution in [0.5, 0.6) is 17.4 Å². The zero-order valence-electron chi connectivity index (χ0n) is 23.9. The number of aromatic hydroxyl groups is 1. The van der Waals surface area contributed by atoms with Crippen molar-refractivity contribution in [1.82, 2.24) is 19.9 Å². The van der Waals surface area contributed by atoms with Crippen LogP contribution >= 0.6 is 34.5 Å². The average molecular weight is 678 g/mol. The Bertz CT molecular complexity index is 2080. The van der Waals surface area contributed by atoms with Gasteiger partial charge in [0.05, 0.1) is 16.1 Å². The highest BCUT2D eigenvalue weighted by atomic mass is 35.5. The lowest BCUT2D eigenvalue weighted by Crippen LogP contribution is -2.30. The molecule has 0 spiro atoms. The number of carboxylic acid groups (broad SMARTS) is 1. The smallest absolute Gasteiger partial charge is 0.345 e. The van der Waals surface area contributed by atoms with Crippen LogP contribution < -0.4 is 9.47 Å². The first-order valence-electron chi connectivity index (χ1n) is 13.8. The topological polar surface area (TPSA) is 128 Å². The van der Waals surface area contributed by atoms with Crippen LogP contribution in [0.3, 0.4) is 0 Å². The van der Waals surface area contributed by atoms with Gasteiger partial charge < -0.3 is 19.7 Å². The summed E-state index contributed by atoms with van der Waals surface area (Å²) in [6.07, 6.45) is 1.38. The summed E-state index contributed by atoms with van der Waals surface area (Å²) in [5, 5.41) is 21.2. The van der Waals surface area contributed by atoms with Crippen molar-refractivity contribution < 1.29 is 28.9 Å². The van der Waals surface area contributed by atoms with Crippen molar-refractivity contribution in [2.24, 2.45) is 0 Å². The van der Waals surface area contributed by atoms with Crippen LogP contribution in [0, 0.1) is 12.7 Å². The summed E-state index contributed by atoms with van der Waals surface area (Å²) in [6, 6.07) is 17.8. The molecule has 0 bridgehead atoms. The SMILES string of the molecule is Cc1c(-c2c(-c3ccc(F)cc3)sc3ncnc(OC(Cc4ccccc4OCc4ccnc(Cl)n4)C(=O)O)c23)ccc(O)c1Cl. The second kappa shape index (κ2) is 13.3. The molecule has 0 aliphatic heterocycles. The Morgan fingerprint density at radius 1 is 1.02 bits per heavy atom. The van der Waals surface area contributed by atoms with E-state index in [-0.39, 0.29) is 35.0 Å². The van der Waals surface area contributed by atoms with Crippen molar-refractivity contribution in [3.05, 3.63) is 112 Å². The van der Waals surface area contributed by atoms with Crippen LogP contribution in [-0.2, 0) is 17.8 Å².